The molecule has 0 spiro atoms. The third kappa shape index (κ3) is 5.19. The number of benzene rings is 3. The van der Waals surface area contributed by atoms with Crippen LogP contribution in [0.3, 0.4) is 0 Å². The van der Waals surface area contributed by atoms with Crippen LogP contribution < -0.4 is 9.55 Å². The minimum atomic E-state index is -0.0693. The molecule has 0 saturated carbocycles. The van der Waals surface area contributed by atoms with Crippen LogP contribution in [0.5, 0.6) is 11.5 Å². The quantitative estimate of drug-likeness (QED) is 0.159. The van der Waals surface area contributed by atoms with Gasteiger partial charge in [-0.2, -0.15) is 5.10 Å². The van der Waals surface area contributed by atoms with E-state index in [0.717, 1.165) is 62.0 Å². The van der Waals surface area contributed by atoms with Gasteiger partial charge < -0.3 is 0 Å². The molecule has 1 aliphatic rings. The van der Waals surface area contributed by atoms with Crippen LogP contribution in [-0.4, -0.2) is 30.8 Å². The first-order chi connectivity index (χ1) is 21.6. The van der Waals surface area contributed by atoms with Gasteiger partial charge in [0.05, 0.1) is 0 Å². The van der Waals surface area contributed by atoms with Crippen molar-refractivity contribution in [2.24, 2.45) is 7.05 Å². The van der Waals surface area contributed by atoms with E-state index >= 15 is 0 Å². The second-order valence-electron chi connectivity index (χ2n) is 12.9. The van der Waals surface area contributed by atoms with Crippen molar-refractivity contribution in [3.05, 3.63) is 106 Å². The summed E-state index contributed by atoms with van der Waals surface area (Å²) in [6.07, 6.45) is 5.74. The molecule has 45 heavy (non-hydrogen) atoms. The van der Waals surface area contributed by atoms with Gasteiger partial charge in [0, 0.05) is 12.4 Å². The van der Waals surface area contributed by atoms with E-state index in [1.807, 2.05) is 18.5 Å². The first kappa shape index (κ1) is 29.5. The van der Waals surface area contributed by atoms with Gasteiger partial charge in [-0.05, 0) is 18.6 Å². The summed E-state index contributed by atoms with van der Waals surface area (Å²) in [4.78, 5) is 7.15. The van der Waals surface area contributed by atoms with E-state index in [9.17, 15) is 0 Å². The molecule has 0 aliphatic carbocycles. The van der Waals surface area contributed by atoms with Gasteiger partial charge in [-0.25, -0.2) is 0 Å². The van der Waals surface area contributed by atoms with Crippen LogP contribution in [0, 0.1) is 10.7 Å². The van der Waals surface area contributed by atoms with Crippen LogP contribution in [-0.2, 0) is 31.8 Å². The Morgan fingerprint density at radius 1 is 0.889 bits per heavy atom. The summed E-state index contributed by atoms with van der Waals surface area (Å²) in [5.74, 6) is 2.50. The molecule has 1 aliphatic heterocycles. The van der Waals surface area contributed by atoms with Crippen LogP contribution >= 0.6 is 0 Å². The van der Waals surface area contributed by atoms with E-state index in [1.165, 1.54) is 16.6 Å². The number of fused-ring (bicyclic) bond motifs is 4. The predicted octanol–water partition coefficient (Wildman–Crippen LogP) is 8.60. The predicted molar refractivity (Wildman–Crippen MR) is 179 cm³/mol. The van der Waals surface area contributed by atoms with Gasteiger partial charge in [0.1, 0.15) is 0 Å². The Morgan fingerprint density at radius 3 is 2.44 bits per heavy atom. The normalized spacial score (nSPS) is 12.9. The molecular formula is C36H37BN6OPt. The first-order valence-electron chi connectivity index (χ1n) is 15.5. The number of anilines is 2. The van der Waals surface area contributed by atoms with Crippen LogP contribution in [0.2, 0.25) is 6.32 Å². The van der Waals surface area contributed by atoms with Gasteiger partial charge in [0.2, 0.25) is 0 Å². The molecule has 0 saturated heterocycles. The van der Waals surface area contributed by atoms with Gasteiger partial charge in [-0.1, -0.05) is 13.3 Å². The van der Waals surface area contributed by atoms with Crippen LogP contribution in [0.25, 0.3) is 28.0 Å². The summed E-state index contributed by atoms with van der Waals surface area (Å²) in [5, 5.41) is 4.76. The first-order valence-corrected chi connectivity index (χ1v) is 16.6. The van der Waals surface area contributed by atoms with E-state index in [4.69, 9.17) is 14.8 Å². The van der Waals surface area contributed by atoms with E-state index in [0.29, 0.717) is 0 Å². The smallest absolute Gasteiger partial charge is 0.192 e. The van der Waals surface area contributed by atoms with Gasteiger partial charge in [0.15, 0.2) is 0 Å². The van der Waals surface area contributed by atoms with Crippen molar-refractivity contribution in [1.82, 2.24) is 23.8 Å². The minimum Gasteiger partial charge on any atom is -0.192 e. The monoisotopic (exact) mass is 775 g/mol. The number of imidazole rings is 1. The number of ether oxygens (including phenoxy) is 1. The molecule has 3 aromatic carbocycles. The molecule has 7 rings (SSSR count). The number of rotatable bonds is 6. The fourth-order valence-electron chi connectivity index (χ4n) is 6.31. The second-order valence-corrected chi connectivity index (χ2v) is 13.9. The molecule has 9 heteroatoms. The number of para-hydroxylation sites is 2. The summed E-state index contributed by atoms with van der Waals surface area (Å²) in [6, 6.07) is 27.8. The number of nitrogens with zero attached hydrogens (tertiary/aromatic N) is 6. The summed E-state index contributed by atoms with van der Waals surface area (Å²) < 4.78 is 14.6. The average molecular weight is 776 g/mol. The fourth-order valence-corrected chi connectivity index (χ4v) is 7.15. The number of aryl methyl sites for hydroxylation is 2. The van der Waals surface area contributed by atoms with E-state index in [-0.39, 0.29) is 12.4 Å². The Kier molecular flexibility index (Phi) is 7.44. The van der Waals surface area contributed by atoms with Crippen LogP contribution in [0.4, 0.5) is 11.5 Å². The second kappa shape index (κ2) is 11.3. The topological polar surface area (TPSA) is 53.0 Å². The Balaban J connectivity index is 1.37. The molecule has 0 unspecified atom stereocenters. The number of pyridine rings is 1. The zero-order valence-corrected chi connectivity index (χ0v) is 28.8. The summed E-state index contributed by atoms with van der Waals surface area (Å²) in [7, 11) is 2.12. The standard InChI is InChI=1S/C36H37BN6O.Pt/c1-7-16-37-42(35-19-25(2)14-17-38-35)34-23-28(12-13-30(34)31-15-18-39-43(31)37)44-29-21-26(36(3,4)5)20-27(22-29)41-24-40(6)32-10-8-9-11-33(32)41;/h8-15,17-23H,7,16H2,1-6H3;. The fraction of sp³-hybridized carbons (Fsp3) is 0.250. The number of aromatic nitrogens is 5. The molecule has 230 valence electrons. The molecule has 3 aromatic heterocycles. The van der Waals surface area contributed by atoms with E-state index < -0.39 is 0 Å². The summed E-state index contributed by atoms with van der Waals surface area (Å²) in [6.45, 7) is 11.1. The van der Waals surface area contributed by atoms with Crippen molar-refractivity contribution in [2.75, 3.05) is 4.81 Å². The van der Waals surface area contributed by atoms with E-state index in [2.05, 4.69) is 152 Å². The zero-order valence-electron chi connectivity index (χ0n) is 26.6. The van der Waals surface area contributed by atoms with Crippen molar-refractivity contribution in [3.8, 4) is 28.4 Å². The van der Waals surface area contributed by atoms with Crippen LogP contribution in [0.15, 0.2) is 91.3 Å². The van der Waals surface area contributed by atoms with Gasteiger partial charge in [-0.15, -0.1) is 0 Å². The minimum absolute atomic E-state index is 0.0118. The zero-order chi connectivity index (χ0) is 31.5. The van der Waals surface area contributed by atoms with Crippen molar-refractivity contribution in [3.63, 3.8) is 0 Å². The molecule has 6 aromatic rings. The number of hydrogen-bond acceptors (Lipinski definition) is 4. The SMILES string of the molecule is CCCB1N(c2cc(C)ccn2)c2cc(Oc3cc(-n4[c](=[Pt])n(C)c5ccccc54)cc(C(C)(C)C)c3)ccc2-c2ccnn21. The van der Waals surface area contributed by atoms with Crippen molar-refractivity contribution in [2.45, 2.75) is 52.8 Å². The number of hydrogen-bond donors (Lipinski definition) is 0. The maximum atomic E-state index is 6.78. The molecule has 7 nitrogen and oxygen atoms in total. The van der Waals surface area contributed by atoms with Gasteiger partial charge in [-0.3, -0.25) is 0 Å². The Hall–Kier alpha value is -4.16. The van der Waals surface area contributed by atoms with E-state index in [1.54, 1.807) is 0 Å². The molecule has 0 atom stereocenters. The molecule has 0 amide bonds. The molecule has 0 radical (unpaired) electrons. The summed E-state index contributed by atoms with van der Waals surface area (Å²) >= 11 is 2.42. The third-order valence-corrected chi connectivity index (χ3v) is 9.88. The molecule has 0 N–H and O–H groups in total. The molecule has 0 bridgehead atoms. The Bertz CT molecular complexity index is 2120. The van der Waals surface area contributed by atoms with Gasteiger partial charge in [0.25, 0.3) is 0 Å². The molecule has 0 fully saturated rings. The van der Waals surface area contributed by atoms with Gasteiger partial charge >= 0.3 is 227 Å². The summed E-state index contributed by atoms with van der Waals surface area (Å²) in [5.41, 5.74) is 9.03. The average Bonchev–Trinajstić information content (AvgIpc) is 3.60. The maximum absolute atomic E-state index is 6.78. The Labute approximate surface area is 275 Å². The Morgan fingerprint density at radius 2 is 1.69 bits per heavy atom. The van der Waals surface area contributed by atoms with Crippen molar-refractivity contribution >= 4 is 29.5 Å². The van der Waals surface area contributed by atoms with Crippen molar-refractivity contribution in [1.29, 1.82) is 0 Å². The molecular weight excluding hydrogens is 738 g/mol. The van der Waals surface area contributed by atoms with Crippen molar-refractivity contribution < 1.29 is 24.1 Å². The third-order valence-electron chi connectivity index (χ3n) is 8.61. The van der Waals surface area contributed by atoms with Crippen LogP contribution in [0.1, 0.15) is 45.2 Å². The molecule has 4 heterocycles.